The van der Waals surface area contributed by atoms with Crippen molar-refractivity contribution in [3.8, 4) is 0 Å². The molecule has 1 aromatic rings. The van der Waals surface area contributed by atoms with Gasteiger partial charge in [-0.2, -0.15) is 0 Å². The van der Waals surface area contributed by atoms with Crippen LogP contribution in [0.15, 0.2) is 49.6 Å². The van der Waals surface area contributed by atoms with Crippen LogP contribution in [0.2, 0.25) is 0 Å². The third-order valence-electron chi connectivity index (χ3n) is 3.56. The molecule has 0 saturated heterocycles. The van der Waals surface area contributed by atoms with Gasteiger partial charge in [-0.3, -0.25) is 10.0 Å². The SMILES string of the molecule is C=CC/C=C/c1ccc(C(=C)N[C@H](C)C[C@H](C)C(=O)NO)cc1. The van der Waals surface area contributed by atoms with E-state index in [2.05, 4.69) is 30.6 Å². The van der Waals surface area contributed by atoms with Crippen LogP contribution < -0.4 is 10.8 Å². The molecule has 0 aliphatic heterocycles. The number of carbonyl (C=O) groups excluding carboxylic acids is 1. The van der Waals surface area contributed by atoms with Crippen LogP contribution >= 0.6 is 0 Å². The molecule has 0 fully saturated rings. The van der Waals surface area contributed by atoms with Crippen molar-refractivity contribution in [1.29, 1.82) is 0 Å². The number of hydrogen-bond donors (Lipinski definition) is 3. The van der Waals surface area contributed by atoms with Crippen LogP contribution in [0.5, 0.6) is 0 Å². The molecule has 3 N–H and O–H groups in total. The van der Waals surface area contributed by atoms with Gasteiger partial charge in [-0.1, -0.05) is 56.0 Å². The summed E-state index contributed by atoms with van der Waals surface area (Å²) in [4.78, 5) is 11.3. The van der Waals surface area contributed by atoms with Gasteiger partial charge in [0.1, 0.15) is 0 Å². The second-order valence-electron chi connectivity index (χ2n) is 5.69. The summed E-state index contributed by atoms with van der Waals surface area (Å²) >= 11 is 0. The molecule has 0 bridgehead atoms. The van der Waals surface area contributed by atoms with E-state index in [0.717, 1.165) is 23.2 Å². The molecule has 0 saturated carbocycles. The minimum atomic E-state index is -0.375. The largest absolute Gasteiger partial charge is 0.383 e. The van der Waals surface area contributed by atoms with E-state index >= 15 is 0 Å². The van der Waals surface area contributed by atoms with E-state index in [1.807, 2.05) is 37.3 Å². The Labute approximate surface area is 138 Å². The standard InChI is InChI=1S/C19H26N2O2/c1-5-6-7-8-17-9-11-18(12-10-17)16(4)20-15(3)13-14(2)19(22)21-23/h5,7-12,14-15,20,23H,1,4,6,13H2,2-3H3,(H,21,22)/b8-7+/t14-,15+/m0/s1. The van der Waals surface area contributed by atoms with Crippen LogP contribution in [0.1, 0.15) is 37.8 Å². The topological polar surface area (TPSA) is 61.4 Å². The first-order valence-corrected chi connectivity index (χ1v) is 7.75. The summed E-state index contributed by atoms with van der Waals surface area (Å²) in [5, 5.41) is 11.9. The number of hydrogen-bond acceptors (Lipinski definition) is 3. The van der Waals surface area contributed by atoms with Crippen LogP contribution in [0.25, 0.3) is 11.8 Å². The van der Waals surface area contributed by atoms with Gasteiger partial charge in [0, 0.05) is 17.7 Å². The van der Waals surface area contributed by atoms with Gasteiger partial charge in [0.2, 0.25) is 5.91 Å². The van der Waals surface area contributed by atoms with Crippen molar-refractivity contribution < 1.29 is 10.0 Å². The molecule has 0 aromatic heterocycles. The molecule has 4 heteroatoms. The number of amides is 1. The van der Waals surface area contributed by atoms with Crippen LogP contribution in [-0.4, -0.2) is 17.2 Å². The molecule has 2 atom stereocenters. The minimum absolute atomic E-state index is 0.0713. The monoisotopic (exact) mass is 314 g/mol. The summed E-state index contributed by atoms with van der Waals surface area (Å²) in [6.45, 7) is 11.5. The quantitative estimate of drug-likeness (QED) is 0.369. The average Bonchev–Trinajstić information content (AvgIpc) is 2.54. The Balaban J connectivity index is 2.57. The number of benzene rings is 1. The number of carbonyl (C=O) groups is 1. The maximum Gasteiger partial charge on any atom is 0.246 e. The van der Waals surface area contributed by atoms with Gasteiger partial charge in [-0.05, 0) is 30.9 Å². The summed E-state index contributed by atoms with van der Waals surface area (Å²) in [6.07, 6.45) is 7.43. The molecule has 1 aromatic carbocycles. The van der Waals surface area contributed by atoms with Crippen molar-refractivity contribution in [3.63, 3.8) is 0 Å². The van der Waals surface area contributed by atoms with E-state index in [4.69, 9.17) is 5.21 Å². The lowest BCUT2D eigenvalue weighted by Gasteiger charge is -2.20. The average molecular weight is 314 g/mol. The Bertz CT molecular complexity index is 561. The minimum Gasteiger partial charge on any atom is -0.383 e. The molecule has 0 radical (unpaired) electrons. The molecule has 1 rings (SSSR count). The van der Waals surface area contributed by atoms with Gasteiger partial charge in [0.05, 0.1) is 0 Å². The lowest BCUT2D eigenvalue weighted by atomic mass is 10.0. The second kappa shape index (κ2) is 9.64. The summed E-state index contributed by atoms with van der Waals surface area (Å²) in [7, 11) is 0. The fraction of sp³-hybridized carbons (Fsp3) is 0.316. The van der Waals surface area contributed by atoms with Gasteiger partial charge in [-0.25, -0.2) is 5.48 Å². The second-order valence-corrected chi connectivity index (χ2v) is 5.69. The first-order chi connectivity index (χ1) is 11.0. The van der Waals surface area contributed by atoms with Gasteiger partial charge < -0.3 is 5.32 Å². The fourth-order valence-electron chi connectivity index (χ4n) is 2.28. The lowest BCUT2D eigenvalue weighted by molar-refractivity contribution is -0.133. The molecule has 1 amide bonds. The third kappa shape index (κ3) is 6.53. The Hall–Kier alpha value is -2.33. The van der Waals surface area contributed by atoms with Crippen molar-refractivity contribution in [3.05, 3.63) is 60.7 Å². The molecule has 0 unspecified atom stereocenters. The highest BCUT2D eigenvalue weighted by Gasteiger charge is 2.16. The first-order valence-electron chi connectivity index (χ1n) is 7.75. The number of allylic oxidation sites excluding steroid dienone is 2. The predicted octanol–water partition coefficient (Wildman–Crippen LogP) is 3.76. The molecular weight excluding hydrogens is 288 g/mol. The van der Waals surface area contributed by atoms with Crippen molar-refractivity contribution in [2.45, 2.75) is 32.7 Å². The van der Waals surface area contributed by atoms with Crippen molar-refractivity contribution >= 4 is 17.7 Å². The summed E-state index contributed by atoms with van der Waals surface area (Å²) in [5.74, 6) is -0.646. The smallest absolute Gasteiger partial charge is 0.246 e. The summed E-state index contributed by atoms with van der Waals surface area (Å²) < 4.78 is 0. The molecule has 124 valence electrons. The normalized spacial score (nSPS) is 13.3. The zero-order chi connectivity index (χ0) is 17.2. The van der Waals surface area contributed by atoms with Gasteiger partial charge in [0.25, 0.3) is 0 Å². The number of nitrogens with one attached hydrogen (secondary N) is 2. The fourth-order valence-corrected chi connectivity index (χ4v) is 2.28. The Kier molecular flexibility index (Phi) is 7.84. The highest BCUT2D eigenvalue weighted by molar-refractivity contribution is 5.77. The summed E-state index contributed by atoms with van der Waals surface area (Å²) in [5.41, 5.74) is 4.64. The maximum atomic E-state index is 11.3. The van der Waals surface area contributed by atoms with E-state index in [0.29, 0.717) is 6.42 Å². The molecule has 0 aliphatic carbocycles. The lowest BCUT2D eigenvalue weighted by Crippen LogP contribution is -2.32. The molecule has 23 heavy (non-hydrogen) atoms. The van der Waals surface area contributed by atoms with Gasteiger partial charge in [-0.15, -0.1) is 6.58 Å². The zero-order valence-corrected chi connectivity index (χ0v) is 13.9. The van der Waals surface area contributed by atoms with Crippen LogP contribution in [0.4, 0.5) is 0 Å². The zero-order valence-electron chi connectivity index (χ0n) is 13.9. The van der Waals surface area contributed by atoms with E-state index in [9.17, 15) is 4.79 Å². The summed E-state index contributed by atoms with van der Waals surface area (Å²) in [6, 6.07) is 8.17. The molecule has 0 spiro atoms. The first kappa shape index (κ1) is 18.7. The molecule has 4 nitrogen and oxygen atoms in total. The maximum absolute atomic E-state index is 11.3. The van der Waals surface area contributed by atoms with E-state index < -0.39 is 0 Å². The molecule has 0 aliphatic rings. The van der Waals surface area contributed by atoms with Crippen LogP contribution in [0.3, 0.4) is 0 Å². The predicted molar refractivity (Wildman–Crippen MR) is 95.6 cm³/mol. The van der Waals surface area contributed by atoms with Gasteiger partial charge in [0.15, 0.2) is 0 Å². The van der Waals surface area contributed by atoms with Gasteiger partial charge >= 0.3 is 0 Å². The van der Waals surface area contributed by atoms with E-state index in [-0.39, 0.29) is 17.9 Å². The van der Waals surface area contributed by atoms with E-state index in [1.54, 1.807) is 12.4 Å². The Morgan fingerprint density at radius 1 is 1.30 bits per heavy atom. The number of hydroxylamine groups is 1. The number of rotatable bonds is 9. The highest BCUT2D eigenvalue weighted by Crippen LogP contribution is 2.15. The Morgan fingerprint density at radius 2 is 1.96 bits per heavy atom. The van der Waals surface area contributed by atoms with Crippen LogP contribution in [-0.2, 0) is 4.79 Å². The van der Waals surface area contributed by atoms with E-state index in [1.165, 1.54) is 0 Å². The molecule has 0 heterocycles. The van der Waals surface area contributed by atoms with Crippen molar-refractivity contribution in [2.24, 2.45) is 5.92 Å². The van der Waals surface area contributed by atoms with Crippen molar-refractivity contribution in [1.82, 2.24) is 10.8 Å². The highest BCUT2D eigenvalue weighted by atomic mass is 16.5. The third-order valence-corrected chi connectivity index (χ3v) is 3.56. The Morgan fingerprint density at radius 3 is 2.52 bits per heavy atom. The van der Waals surface area contributed by atoms with Crippen molar-refractivity contribution in [2.75, 3.05) is 0 Å². The van der Waals surface area contributed by atoms with Crippen LogP contribution in [0, 0.1) is 5.92 Å². The molecular formula is C19H26N2O2.